The van der Waals surface area contributed by atoms with Gasteiger partial charge in [-0.1, -0.05) is 0 Å². The first-order valence-electron chi connectivity index (χ1n) is 8.65. The minimum atomic E-state index is -0.277. The number of carbonyl (C=O) groups excluding carboxylic acids is 1. The van der Waals surface area contributed by atoms with Crippen molar-refractivity contribution in [3.05, 3.63) is 51.8 Å². The lowest BCUT2D eigenvalue weighted by atomic mass is 10.1. The molecule has 0 unspecified atom stereocenters. The monoisotopic (exact) mass is 418 g/mol. The van der Waals surface area contributed by atoms with Crippen molar-refractivity contribution in [2.75, 3.05) is 20.2 Å². The van der Waals surface area contributed by atoms with E-state index in [2.05, 4.69) is 42.4 Å². The first-order chi connectivity index (χ1) is 12.6. The third-order valence-corrected chi connectivity index (χ3v) is 4.97. The molecule has 7 heteroatoms. The van der Waals surface area contributed by atoms with Gasteiger partial charge in [0.05, 0.1) is 12.8 Å². The number of halogens is 1. The van der Waals surface area contributed by atoms with E-state index in [9.17, 15) is 4.79 Å². The Hall–Kier alpha value is -2.12. The molecular formula is C19H23BrN4O2. The molecule has 0 saturated carbocycles. The molecule has 0 atom stereocenters. The van der Waals surface area contributed by atoms with Crippen LogP contribution in [0.1, 0.15) is 41.4 Å². The summed E-state index contributed by atoms with van der Waals surface area (Å²) in [5.41, 5.74) is 5.89. The van der Waals surface area contributed by atoms with Crippen molar-refractivity contribution in [1.29, 1.82) is 0 Å². The van der Waals surface area contributed by atoms with E-state index < -0.39 is 0 Å². The Morgan fingerprint density at radius 3 is 2.77 bits per heavy atom. The fourth-order valence-corrected chi connectivity index (χ4v) is 3.41. The van der Waals surface area contributed by atoms with Crippen molar-refractivity contribution in [2.45, 2.75) is 26.3 Å². The number of hydrazone groups is 1. The Bertz CT molecular complexity index is 810. The zero-order valence-corrected chi connectivity index (χ0v) is 16.6. The third-order valence-electron chi connectivity index (χ3n) is 4.51. The Balaban J connectivity index is 1.73. The number of methoxy groups -OCH3 is 1. The second-order valence-electron chi connectivity index (χ2n) is 6.38. The van der Waals surface area contributed by atoms with E-state index in [4.69, 9.17) is 4.74 Å². The number of aromatic amines is 1. The Labute approximate surface area is 161 Å². The first-order valence-corrected chi connectivity index (χ1v) is 9.44. The number of H-pyrrole nitrogens is 1. The van der Waals surface area contributed by atoms with Gasteiger partial charge in [0, 0.05) is 22.8 Å². The standard InChI is InChI=1S/C19H23BrN4O2/c1-13(22-23-19(25)17-10-16(20)11-21-17)14-5-6-18(26-2)15(9-14)12-24-7-3-4-8-24/h5-6,9-11,21H,3-4,7-8,12H2,1-2H3,(H,23,25)/b22-13-. The molecule has 0 bridgehead atoms. The van der Waals surface area contributed by atoms with E-state index in [1.165, 1.54) is 12.8 Å². The van der Waals surface area contributed by atoms with Crippen LogP contribution in [-0.4, -0.2) is 41.7 Å². The molecular weight excluding hydrogens is 396 g/mol. The van der Waals surface area contributed by atoms with Gasteiger partial charge >= 0.3 is 0 Å². The molecule has 1 aliphatic rings. The van der Waals surface area contributed by atoms with Crippen LogP contribution in [0.3, 0.4) is 0 Å². The van der Waals surface area contributed by atoms with Crippen LogP contribution in [0.4, 0.5) is 0 Å². The lowest BCUT2D eigenvalue weighted by molar-refractivity contribution is 0.0950. The number of benzene rings is 1. The predicted octanol–water partition coefficient (Wildman–Crippen LogP) is 3.54. The summed E-state index contributed by atoms with van der Waals surface area (Å²) in [5, 5.41) is 4.24. The van der Waals surface area contributed by atoms with Crippen LogP contribution < -0.4 is 10.2 Å². The van der Waals surface area contributed by atoms with Gasteiger partial charge in [0.25, 0.3) is 5.91 Å². The van der Waals surface area contributed by atoms with Crippen molar-refractivity contribution in [3.63, 3.8) is 0 Å². The maximum Gasteiger partial charge on any atom is 0.287 e. The largest absolute Gasteiger partial charge is 0.496 e. The summed E-state index contributed by atoms with van der Waals surface area (Å²) in [7, 11) is 1.69. The van der Waals surface area contributed by atoms with Crippen molar-refractivity contribution in [3.8, 4) is 5.75 Å². The van der Waals surface area contributed by atoms with Gasteiger partial charge in [-0.2, -0.15) is 5.10 Å². The van der Waals surface area contributed by atoms with Crippen molar-refractivity contribution >= 4 is 27.5 Å². The number of ether oxygens (including phenoxy) is 1. The molecule has 1 amide bonds. The summed E-state index contributed by atoms with van der Waals surface area (Å²) >= 11 is 3.31. The highest BCUT2D eigenvalue weighted by atomic mass is 79.9. The summed E-state index contributed by atoms with van der Waals surface area (Å²) in [4.78, 5) is 17.4. The average Bonchev–Trinajstić information content (AvgIpc) is 3.31. The zero-order chi connectivity index (χ0) is 18.5. The van der Waals surface area contributed by atoms with Gasteiger partial charge in [-0.15, -0.1) is 0 Å². The number of nitrogens with one attached hydrogen (secondary N) is 2. The SMILES string of the molecule is COc1ccc(/C(C)=N\NC(=O)c2cc(Br)c[nH]2)cc1CN1CCCC1. The van der Waals surface area contributed by atoms with Crippen LogP contribution in [0.15, 0.2) is 40.0 Å². The minimum absolute atomic E-state index is 0.277. The van der Waals surface area contributed by atoms with E-state index in [0.29, 0.717) is 5.69 Å². The molecule has 1 aromatic heterocycles. The Kier molecular flexibility index (Phi) is 6.11. The minimum Gasteiger partial charge on any atom is -0.496 e. The van der Waals surface area contributed by atoms with Crippen molar-refractivity contribution in [2.24, 2.45) is 5.10 Å². The third kappa shape index (κ3) is 4.53. The Morgan fingerprint density at radius 2 is 2.12 bits per heavy atom. The summed E-state index contributed by atoms with van der Waals surface area (Å²) < 4.78 is 6.33. The summed E-state index contributed by atoms with van der Waals surface area (Å²) in [6, 6.07) is 7.72. The summed E-state index contributed by atoms with van der Waals surface area (Å²) in [5.74, 6) is 0.606. The highest BCUT2D eigenvalue weighted by Gasteiger charge is 2.15. The van der Waals surface area contributed by atoms with Gasteiger partial charge in [0.2, 0.25) is 0 Å². The number of hydrogen-bond acceptors (Lipinski definition) is 4. The van der Waals surface area contributed by atoms with Gasteiger partial charge in [-0.3, -0.25) is 9.69 Å². The molecule has 1 aliphatic heterocycles. The van der Waals surface area contributed by atoms with E-state index in [1.807, 2.05) is 19.1 Å². The average molecular weight is 419 g/mol. The highest BCUT2D eigenvalue weighted by Crippen LogP contribution is 2.23. The van der Waals surface area contributed by atoms with Gasteiger partial charge < -0.3 is 9.72 Å². The molecule has 1 fully saturated rings. The van der Waals surface area contributed by atoms with Gasteiger partial charge in [-0.25, -0.2) is 5.43 Å². The smallest absolute Gasteiger partial charge is 0.287 e. The fourth-order valence-electron chi connectivity index (χ4n) is 3.07. The lowest BCUT2D eigenvalue weighted by Crippen LogP contribution is -2.20. The number of hydrogen-bond donors (Lipinski definition) is 2. The lowest BCUT2D eigenvalue weighted by Gasteiger charge is -2.17. The number of likely N-dealkylation sites (tertiary alicyclic amines) is 1. The maximum absolute atomic E-state index is 12.1. The molecule has 1 aromatic carbocycles. The molecule has 6 nitrogen and oxygen atoms in total. The number of carbonyl (C=O) groups is 1. The molecule has 26 heavy (non-hydrogen) atoms. The second-order valence-corrected chi connectivity index (χ2v) is 7.30. The molecule has 3 rings (SSSR count). The van der Waals surface area contributed by atoms with Crippen molar-refractivity contribution < 1.29 is 9.53 Å². The van der Waals surface area contributed by atoms with Crippen LogP contribution in [-0.2, 0) is 6.54 Å². The summed E-state index contributed by atoms with van der Waals surface area (Å²) in [6.45, 7) is 5.00. The predicted molar refractivity (Wildman–Crippen MR) is 106 cm³/mol. The number of nitrogens with zero attached hydrogens (tertiary/aromatic N) is 2. The zero-order valence-electron chi connectivity index (χ0n) is 15.0. The first kappa shape index (κ1) is 18.7. The molecule has 2 aromatic rings. The quantitative estimate of drug-likeness (QED) is 0.556. The molecule has 0 radical (unpaired) electrons. The van der Waals surface area contributed by atoms with E-state index in [1.54, 1.807) is 19.4 Å². The highest BCUT2D eigenvalue weighted by molar-refractivity contribution is 9.10. The van der Waals surface area contributed by atoms with Crippen LogP contribution in [0.5, 0.6) is 5.75 Å². The normalized spacial score (nSPS) is 15.3. The molecule has 1 saturated heterocycles. The fraction of sp³-hybridized carbons (Fsp3) is 0.368. The Morgan fingerprint density at radius 1 is 1.35 bits per heavy atom. The van der Waals surface area contributed by atoms with Crippen LogP contribution in [0, 0.1) is 0 Å². The maximum atomic E-state index is 12.1. The number of amides is 1. The molecule has 0 aliphatic carbocycles. The van der Waals surface area contributed by atoms with E-state index in [-0.39, 0.29) is 5.91 Å². The molecule has 2 N–H and O–H groups in total. The van der Waals surface area contributed by atoms with Gasteiger partial charge in [0.15, 0.2) is 0 Å². The van der Waals surface area contributed by atoms with Crippen molar-refractivity contribution in [1.82, 2.24) is 15.3 Å². The second kappa shape index (κ2) is 8.51. The number of rotatable bonds is 6. The number of aromatic nitrogens is 1. The van der Waals surface area contributed by atoms with E-state index >= 15 is 0 Å². The molecule has 0 spiro atoms. The van der Waals surface area contributed by atoms with Gasteiger partial charge in [-0.05, 0) is 78.6 Å². The topological polar surface area (TPSA) is 69.7 Å². The molecule has 138 valence electrons. The van der Waals surface area contributed by atoms with Crippen LogP contribution >= 0.6 is 15.9 Å². The van der Waals surface area contributed by atoms with Crippen LogP contribution in [0.2, 0.25) is 0 Å². The molecule has 2 heterocycles. The summed E-state index contributed by atoms with van der Waals surface area (Å²) in [6.07, 6.45) is 4.21. The van der Waals surface area contributed by atoms with E-state index in [0.717, 1.165) is 46.7 Å². The van der Waals surface area contributed by atoms with Gasteiger partial charge in [0.1, 0.15) is 11.4 Å². The van der Waals surface area contributed by atoms with Crippen LogP contribution in [0.25, 0.3) is 0 Å².